The van der Waals surface area contributed by atoms with Crippen molar-refractivity contribution in [1.29, 1.82) is 0 Å². The predicted octanol–water partition coefficient (Wildman–Crippen LogP) is 1.57. The Kier molecular flexibility index (Phi) is 3.47. The van der Waals surface area contributed by atoms with Crippen LogP contribution in [0.1, 0.15) is 17.3 Å². The summed E-state index contributed by atoms with van der Waals surface area (Å²) in [7, 11) is 0. The molecule has 0 saturated carbocycles. The van der Waals surface area contributed by atoms with Crippen molar-refractivity contribution in [1.82, 2.24) is 10.3 Å². The number of ketones is 1. The van der Waals surface area contributed by atoms with Crippen LogP contribution in [0.5, 0.6) is 0 Å². The molecule has 6 heteroatoms. The van der Waals surface area contributed by atoms with Gasteiger partial charge in [-0.1, -0.05) is 0 Å². The second kappa shape index (κ2) is 5.29. The summed E-state index contributed by atoms with van der Waals surface area (Å²) in [5, 5.41) is 3.72. The van der Waals surface area contributed by atoms with Gasteiger partial charge < -0.3 is 16.0 Å². The summed E-state index contributed by atoms with van der Waals surface area (Å²) in [6, 6.07) is 3.45. The molecule has 1 fully saturated rings. The fourth-order valence-corrected chi connectivity index (χ4v) is 2.67. The first kappa shape index (κ1) is 13.8. The zero-order chi connectivity index (χ0) is 15.0. The third-order valence-electron chi connectivity index (χ3n) is 3.84. The van der Waals surface area contributed by atoms with E-state index in [-0.39, 0.29) is 17.1 Å². The first-order valence-corrected chi connectivity index (χ1v) is 6.93. The minimum Gasteiger partial charge on any atom is -0.398 e. The third kappa shape index (κ3) is 2.31. The highest BCUT2D eigenvalue weighted by Crippen LogP contribution is 2.31. The average Bonchev–Trinajstić information content (AvgIpc) is 2.49. The number of carbonyl (C=O) groups is 1. The summed E-state index contributed by atoms with van der Waals surface area (Å²) in [5.74, 6) is -0.551. The number of hydrogen-bond donors (Lipinski definition) is 2. The Morgan fingerprint density at radius 1 is 1.38 bits per heavy atom. The number of Topliss-reactive ketones (excluding diaryl/α,β-unsaturated/α-hetero) is 1. The molecule has 1 aromatic carbocycles. The van der Waals surface area contributed by atoms with E-state index in [1.165, 1.54) is 13.1 Å². The summed E-state index contributed by atoms with van der Waals surface area (Å²) in [4.78, 5) is 17.6. The van der Waals surface area contributed by atoms with Crippen LogP contribution in [0.25, 0.3) is 10.9 Å². The SMILES string of the molecule is CC(=O)c1cnc2c(F)c(N3CCNCC3)ccc2c1N. The highest BCUT2D eigenvalue weighted by atomic mass is 19.1. The molecule has 0 unspecified atom stereocenters. The van der Waals surface area contributed by atoms with Crippen molar-refractivity contribution in [2.45, 2.75) is 6.92 Å². The van der Waals surface area contributed by atoms with E-state index >= 15 is 0 Å². The Morgan fingerprint density at radius 3 is 2.76 bits per heavy atom. The number of rotatable bonds is 2. The number of nitrogens with one attached hydrogen (secondary N) is 1. The maximum Gasteiger partial charge on any atom is 0.172 e. The summed E-state index contributed by atoms with van der Waals surface area (Å²) in [6.45, 7) is 4.59. The Morgan fingerprint density at radius 2 is 2.10 bits per heavy atom. The standard InChI is InChI=1S/C15H17FN4O/c1-9(21)11-8-19-15-10(14(11)17)2-3-12(13(15)16)20-6-4-18-5-7-20/h2-3,8,18H,4-7H2,1H3,(H2,17,19). The van der Waals surface area contributed by atoms with E-state index in [4.69, 9.17) is 5.73 Å². The van der Waals surface area contributed by atoms with Crippen molar-refractivity contribution >= 4 is 28.1 Å². The van der Waals surface area contributed by atoms with Gasteiger partial charge in [-0.2, -0.15) is 0 Å². The molecule has 1 aliphatic rings. The number of benzene rings is 1. The van der Waals surface area contributed by atoms with E-state index in [0.29, 0.717) is 22.3 Å². The van der Waals surface area contributed by atoms with Gasteiger partial charge in [0.15, 0.2) is 11.6 Å². The number of pyridine rings is 1. The van der Waals surface area contributed by atoms with Crippen molar-refractivity contribution in [2.75, 3.05) is 36.8 Å². The number of carbonyl (C=O) groups excluding carboxylic acids is 1. The minimum atomic E-state index is -0.379. The Hall–Kier alpha value is -2.21. The molecule has 0 amide bonds. The van der Waals surface area contributed by atoms with Crippen LogP contribution < -0.4 is 16.0 Å². The molecule has 1 aliphatic heterocycles. The lowest BCUT2D eigenvalue weighted by atomic mass is 10.1. The molecule has 1 saturated heterocycles. The van der Waals surface area contributed by atoms with Crippen LogP contribution in [0, 0.1) is 5.82 Å². The van der Waals surface area contributed by atoms with Gasteiger partial charge in [-0.15, -0.1) is 0 Å². The van der Waals surface area contributed by atoms with Crippen molar-refractivity contribution in [3.8, 4) is 0 Å². The maximum absolute atomic E-state index is 14.7. The number of anilines is 2. The van der Waals surface area contributed by atoms with E-state index in [9.17, 15) is 9.18 Å². The summed E-state index contributed by atoms with van der Waals surface area (Å²) >= 11 is 0. The van der Waals surface area contributed by atoms with Crippen LogP contribution in [0.3, 0.4) is 0 Å². The van der Waals surface area contributed by atoms with Crippen molar-refractivity contribution in [3.63, 3.8) is 0 Å². The molecule has 1 aromatic heterocycles. The monoisotopic (exact) mass is 288 g/mol. The summed E-state index contributed by atoms with van der Waals surface area (Å²) < 4.78 is 14.7. The van der Waals surface area contributed by atoms with Gasteiger partial charge in [-0.05, 0) is 19.1 Å². The first-order chi connectivity index (χ1) is 10.1. The van der Waals surface area contributed by atoms with Crippen LogP contribution in [-0.4, -0.2) is 36.9 Å². The average molecular weight is 288 g/mol. The number of hydrogen-bond acceptors (Lipinski definition) is 5. The Balaban J connectivity index is 2.13. The van der Waals surface area contributed by atoms with Gasteiger partial charge in [0.2, 0.25) is 0 Å². The van der Waals surface area contributed by atoms with E-state index in [1.807, 2.05) is 4.90 Å². The second-order valence-electron chi connectivity index (χ2n) is 5.17. The Labute approximate surface area is 121 Å². The lowest BCUT2D eigenvalue weighted by Crippen LogP contribution is -2.43. The molecular formula is C15H17FN4O. The number of halogens is 1. The van der Waals surface area contributed by atoms with Crippen LogP contribution in [0.15, 0.2) is 18.3 Å². The largest absolute Gasteiger partial charge is 0.398 e. The van der Waals surface area contributed by atoms with Gasteiger partial charge in [-0.25, -0.2) is 4.39 Å². The molecule has 3 N–H and O–H groups in total. The molecule has 0 radical (unpaired) electrons. The van der Waals surface area contributed by atoms with Crippen molar-refractivity contribution in [3.05, 3.63) is 29.7 Å². The molecule has 0 bridgehead atoms. The fraction of sp³-hybridized carbons (Fsp3) is 0.333. The Bertz CT molecular complexity index is 710. The number of fused-ring (bicyclic) bond motifs is 1. The van der Waals surface area contributed by atoms with Crippen LogP contribution in [-0.2, 0) is 0 Å². The predicted molar refractivity (Wildman–Crippen MR) is 81.2 cm³/mol. The molecule has 5 nitrogen and oxygen atoms in total. The molecule has 110 valence electrons. The van der Waals surface area contributed by atoms with E-state index < -0.39 is 0 Å². The van der Waals surface area contributed by atoms with Gasteiger partial charge >= 0.3 is 0 Å². The summed E-state index contributed by atoms with van der Waals surface area (Å²) in [6.07, 6.45) is 1.35. The van der Waals surface area contributed by atoms with E-state index in [1.54, 1.807) is 12.1 Å². The lowest BCUT2D eigenvalue weighted by molar-refractivity contribution is 0.101. The molecule has 0 atom stereocenters. The van der Waals surface area contributed by atoms with Crippen LogP contribution in [0.2, 0.25) is 0 Å². The van der Waals surface area contributed by atoms with Crippen LogP contribution in [0.4, 0.5) is 15.8 Å². The van der Waals surface area contributed by atoms with Gasteiger partial charge in [0.1, 0.15) is 5.52 Å². The molecule has 0 spiro atoms. The molecule has 2 heterocycles. The number of nitrogen functional groups attached to an aromatic ring is 1. The van der Waals surface area contributed by atoms with Crippen molar-refractivity contribution < 1.29 is 9.18 Å². The highest BCUT2D eigenvalue weighted by molar-refractivity contribution is 6.06. The number of aromatic nitrogens is 1. The molecule has 3 rings (SSSR count). The normalized spacial score (nSPS) is 15.4. The topological polar surface area (TPSA) is 71.2 Å². The fourth-order valence-electron chi connectivity index (χ4n) is 2.67. The summed E-state index contributed by atoms with van der Waals surface area (Å²) in [5.41, 5.74) is 7.34. The molecular weight excluding hydrogens is 271 g/mol. The maximum atomic E-state index is 14.7. The highest BCUT2D eigenvalue weighted by Gasteiger charge is 2.19. The molecule has 0 aliphatic carbocycles. The van der Waals surface area contributed by atoms with E-state index in [2.05, 4.69) is 10.3 Å². The number of piperazine rings is 1. The van der Waals surface area contributed by atoms with Gasteiger partial charge in [0.25, 0.3) is 0 Å². The lowest BCUT2D eigenvalue weighted by Gasteiger charge is -2.30. The number of nitrogens with zero attached hydrogens (tertiary/aromatic N) is 2. The third-order valence-corrected chi connectivity index (χ3v) is 3.84. The number of nitrogens with two attached hydrogens (primary N) is 1. The zero-order valence-electron chi connectivity index (χ0n) is 11.8. The van der Waals surface area contributed by atoms with Gasteiger partial charge in [-0.3, -0.25) is 9.78 Å². The molecule has 2 aromatic rings. The first-order valence-electron chi connectivity index (χ1n) is 6.93. The van der Waals surface area contributed by atoms with Gasteiger partial charge in [0.05, 0.1) is 16.9 Å². The van der Waals surface area contributed by atoms with E-state index in [0.717, 1.165) is 26.2 Å². The smallest absolute Gasteiger partial charge is 0.172 e. The van der Waals surface area contributed by atoms with Crippen molar-refractivity contribution in [2.24, 2.45) is 0 Å². The zero-order valence-corrected chi connectivity index (χ0v) is 11.8. The molecule has 21 heavy (non-hydrogen) atoms. The van der Waals surface area contributed by atoms with Gasteiger partial charge in [0, 0.05) is 37.8 Å². The van der Waals surface area contributed by atoms with Crippen LogP contribution >= 0.6 is 0 Å². The second-order valence-corrected chi connectivity index (χ2v) is 5.17. The quantitative estimate of drug-likeness (QED) is 0.821. The minimum absolute atomic E-state index is 0.173.